The highest BCUT2D eigenvalue weighted by Gasteiger charge is 2.31. The van der Waals surface area contributed by atoms with Crippen molar-refractivity contribution in [1.29, 1.82) is 0 Å². The number of nitrogens with one attached hydrogen (secondary N) is 1. The van der Waals surface area contributed by atoms with Crippen molar-refractivity contribution in [2.45, 2.75) is 19.6 Å². The molecule has 3 rings (SSSR count). The monoisotopic (exact) mass is 453 g/mol. The quantitative estimate of drug-likeness (QED) is 0.592. The summed E-state index contributed by atoms with van der Waals surface area (Å²) in [6.45, 7) is 1.08. The van der Waals surface area contributed by atoms with E-state index in [0.29, 0.717) is 6.07 Å². The van der Waals surface area contributed by atoms with Crippen molar-refractivity contribution >= 4 is 39.9 Å². The summed E-state index contributed by atoms with van der Waals surface area (Å²) in [5.41, 5.74) is -1.82. The fraction of sp³-hybridized carbons (Fsp3) is 0.200. The number of carbonyl (C=O) groups excluding carboxylic acids is 2. The predicted molar refractivity (Wildman–Crippen MR) is 107 cm³/mol. The highest BCUT2D eigenvalue weighted by molar-refractivity contribution is 6.33. The zero-order valence-corrected chi connectivity index (χ0v) is 16.8. The summed E-state index contributed by atoms with van der Waals surface area (Å²) in [5, 5.41) is 6.55. The topological polar surface area (TPSA) is 90.3 Å². The molecule has 0 atom stereocenters. The van der Waals surface area contributed by atoms with Crippen LogP contribution in [0.2, 0.25) is 5.02 Å². The second-order valence-corrected chi connectivity index (χ2v) is 6.74. The number of fused-ring (bicyclic) bond motifs is 1. The van der Waals surface area contributed by atoms with Gasteiger partial charge in [0.2, 0.25) is 0 Å². The summed E-state index contributed by atoms with van der Waals surface area (Å²) in [5.74, 6) is -1.87. The Labute approximate surface area is 178 Å². The highest BCUT2D eigenvalue weighted by Crippen LogP contribution is 2.33. The van der Waals surface area contributed by atoms with E-state index in [4.69, 9.17) is 16.3 Å². The van der Waals surface area contributed by atoms with Crippen molar-refractivity contribution in [3.05, 3.63) is 69.1 Å². The summed E-state index contributed by atoms with van der Waals surface area (Å²) in [6.07, 6.45) is -4.62. The summed E-state index contributed by atoms with van der Waals surface area (Å²) in [4.78, 5) is 36.9. The molecular weight excluding hydrogens is 439 g/mol. The number of rotatable bonds is 5. The summed E-state index contributed by atoms with van der Waals surface area (Å²) >= 11 is 5.83. The molecule has 7 nitrogen and oxygen atoms in total. The minimum atomic E-state index is -4.62. The molecule has 1 aromatic heterocycles. The standard InChI is InChI=1S/C20H15ClF3N3O4/c1-2-27-18(29)13-6-4-3-5-12(13)17(26-27)19(30)31-10-16(28)25-15-9-11(20(22,23)24)7-8-14(15)21/h3-9H,2,10H2,1H3,(H,25,28). The Bertz CT molecular complexity index is 1220. The van der Waals surface area contributed by atoms with Crippen molar-refractivity contribution in [1.82, 2.24) is 9.78 Å². The maximum Gasteiger partial charge on any atom is 0.416 e. The molecule has 1 heterocycles. The van der Waals surface area contributed by atoms with Gasteiger partial charge in [0.1, 0.15) is 0 Å². The van der Waals surface area contributed by atoms with Crippen LogP contribution in [0.5, 0.6) is 0 Å². The van der Waals surface area contributed by atoms with Crippen LogP contribution in [0.4, 0.5) is 18.9 Å². The average molecular weight is 454 g/mol. The zero-order chi connectivity index (χ0) is 22.8. The minimum absolute atomic E-state index is 0.115. The highest BCUT2D eigenvalue weighted by atomic mass is 35.5. The van der Waals surface area contributed by atoms with Crippen LogP contribution in [0, 0.1) is 0 Å². The van der Waals surface area contributed by atoms with Crippen LogP contribution in [0.25, 0.3) is 10.8 Å². The molecule has 0 aliphatic carbocycles. The van der Waals surface area contributed by atoms with E-state index in [9.17, 15) is 27.6 Å². The molecule has 0 saturated heterocycles. The molecule has 3 aromatic rings. The van der Waals surface area contributed by atoms with Gasteiger partial charge in [0.15, 0.2) is 12.3 Å². The van der Waals surface area contributed by atoms with Crippen LogP contribution in [-0.2, 0) is 22.3 Å². The van der Waals surface area contributed by atoms with Gasteiger partial charge in [0.25, 0.3) is 11.5 Å². The molecule has 0 fully saturated rings. The number of aromatic nitrogens is 2. The predicted octanol–water partition coefficient (Wildman–Crippen LogP) is 3.88. The number of aryl methyl sites for hydroxylation is 1. The largest absolute Gasteiger partial charge is 0.451 e. The Morgan fingerprint density at radius 1 is 1.16 bits per heavy atom. The van der Waals surface area contributed by atoms with Gasteiger partial charge in [-0.2, -0.15) is 18.3 Å². The van der Waals surface area contributed by atoms with E-state index in [0.717, 1.165) is 16.8 Å². The number of anilines is 1. The van der Waals surface area contributed by atoms with E-state index < -0.39 is 30.2 Å². The molecule has 0 unspecified atom stereocenters. The third kappa shape index (κ3) is 4.85. The van der Waals surface area contributed by atoms with Crippen molar-refractivity contribution < 1.29 is 27.5 Å². The lowest BCUT2D eigenvalue weighted by molar-refractivity contribution is -0.137. The average Bonchev–Trinajstić information content (AvgIpc) is 2.73. The van der Waals surface area contributed by atoms with Crippen molar-refractivity contribution in [3.8, 4) is 0 Å². The maximum atomic E-state index is 12.8. The Morgan fingerprint density at radius 3 is 2.48 bits per heavy atom. The zero-order valence-electron chi connectivity index (χ0n) is 16.0. The number of nitrogens with zero attached hydrogens (tertiary/aromatic N) is 2. The van der Waals surface area contributed by atoms with E-state index >= 15 is 0 Å². The van der Waals surface area contributed by atoms with Gasteiger partial charge in [-0.05, 0) is 31.2 Å². The van der Waals surface area contributed by atoms with Gasteiger partial charge in [-0.3, -0.25) is 9.59 Å². The van der Waals surface area contributed by atoms with Gasteiger partial charge >= 0.3 is 12.1 Å². The lowest BCUT2D eigenvalue weighted by atomic mass is 10.1. The molecule has 0 radical (unpaired) electrons. The van der Waals surface area contributed by atoms with Crippen molar-refractivity contribution in [2.75, 3.05) is 11.9 Å². The summed E-state index contributed by atoms with van der Waals surface area (Å²) < 4.78 is 44.6. The summed E-state index contributed by atoms with van der Waals surface area (Å²) in [7, 11) is 0. The number of benzene rings is 2. The Hall–Kier alpha value is -3.40. The molecule has 0 spiro atoms. The van der Waals surface area contributed by atoms with Crippen LogP contribution >= 0.6 is 11.6 Å². The van der Waals surface area contributed by atoms with Crippen LogP contribution < -0.4 is 10.9 Å². The smallest absolute Gasteiger partial charge is 0.416 e. The van der Waals surface area contributed by atoms with Crippen molar-refractivity contribution in [2.24, 2.45) is 0 Å². The van der Waals surface area contributed by atoms with Crippen LogP contribution in [-0.4, -0.2) is 28.3 Å². The fourth-order valence-corrected chi connectivity index (χ4v) is 2.95. The third-order valence-corrected chi connectivity index (χ3v) is 4.59. The molecule has 2 aromatic carbocycles. The molecule has 162 valence electrons. The molecule has 1 N–H and O–H groups in total. The number of carbonyl (C=O) groups is 2. The molecule has 0 saturated carbocycles. The molecule has 31 heavy (non-hydrogen) atoms. The van der Waals surface area contributed by atoms with Gasteiger partial charge in [0, 0.05) is 11.9 Å². The first-order valence-electron chi connectivity index (χ1n) is 8.95. The van der Waals surface area contributed by atoms with Gasteiger partial charge in [-0.25, -0.2) is 9.48 Å². The van der Waals surface area contributed by atoms with Gasteiger partial charge in [-0.1, -0.05) is 29.8 Å². The lowest BCUT2D eigenvalue weighted by Gasteiger charge is -2.12. The van der Waals surface area contributed by atoms with E-state index in [1.54, 1.807) is 19.1 Å². The molecule has 0 bridgehead atoms. The second-order valence-electron chi connectivity index (χ2n) is 6.33. The number of halogens is 4. The minimum Gasteiger partial charge on any atom is -0.451 e. The van der Waals surface area contributed by atoms with Gasteiger partial charge in [-0.15, -0.1) is 0 Å². The number of amides is 1. The Balaban J connectivity index is 1.77. The number of hydrogen-bond donors (Lipinski definition) is 1. The maximum absolute atomic E-state index is 12.8. The number of esters is 1. The first kappa shape index (κ1) is 22.3. The first-order valence-corrected chi connectivity index (χ1v) is 9.33. The Kier molecular flexibility index (Phi) is 6.30. The lowest BCUT2D eigenvalue weighted by Crippen LogP contribution is -2.27. The molecule has 11 heteroatoms. The fourth-order valence-electron chi connectivity index (χ4n) is 2.78. The van der Waals surface area contributed by atoms with E-state index in [1.165, 1.54) is 12.1 Å². The van der Waals surface area contributed by atoms with Crippen LogP contribution in [0.3, 0.4) is 0 Å². The third-order valence-electron chi connectivity index (χ3n) is 4.26. The van der Waals surface area contributed by atoms with Gasteiger partial charge in [0.05, 0.1) is 21.7 Å². The molecule has 1 amide bonds. The normalized spacial score (nSPS) is 11.4. The van der Waals surface area contributed by atoms with Gasteiger partial charge < -0.3 is 10.1 Å². The molecule has 0 aliphatic rings. The molecule has 0 aliphatic heterocycles. The first-order chi connectivity index (χ1) is 14.6. The SMILES string of the molecule is CCn1nc(C(=O)OCC(=O)Nc2cc(C(F)(F)F)ccc2Cl)c2ccccc2c1=O. The number of alkyl halides is 3. The van der Waals surface area contributed by atoms with E-state index in [-0.39, 0.29) is 39.3 Å². The van der Waals surface area contributed by atoms with E-state index in [1.807, 2.05) is 0 Å². The Morgan fingerprint density at radius 2 is 1.84 bits per heavy atom. The van der Waals surface area contributed by atoms with Crippen LogP contribution in [0.15, 0.2) is 47.3 Å². The van der Waals surface area contributed by atoms with E-state index in [2.05, 4.69) is 10.4 Å². The summed E-state index contributed by atoms with van der Waals surface area (Å²) in [6, 6.07) is 8.74. The number of hydrogen-bond acceptors (Lipinski definition) is 5. The molecular formula is C20H15ClF3N3O4. The van der Waals surface area contributed by atoms with Crippen LogP contribution in [0.1, 0.15) is 23.0 Å². The second kappa shape index (κ2) is 8.76. The number of ether oxygens (including phenoxy) is 1. The van der Waals surface area contributed by atoms with Crippen molar-refractivity contribution in [3.63, 3.8) is 0 Å².